The highest BCUT2D eigenvalue weighted by atomic mass is 32.2. The van der Waals surface area contributed by atoms with Crippen molar-refractivity contribution < 1.29 is 4.79 Å². The average Bonchev–Trinajstić information content (AvgIpc) is 3.10. The first-order valence-corrected chi connectivity index (χ1v) is 7.96. The lowest BCUT2D eigenvalue weighted by atomic mass is 10.2. The Morgan fingerprint density at radius 2 is 2.00 bits per heavy atom. The van der Waals surface area contributed by atoms with Crippen LogP contribution in [0.4, 0.5) is 5.69 Å². The molecule has 23 heavy (non-hydrogen) atoms. The monoisotopic (exact) mass is 325 g/mol. The molecule has 3 rings (SSSR count). The molecular weight excluding hydrogens is 310 g/mol. The van der Waals surface area contributed by atoms with Crippen LogP contribution in [0.3, 0.4) is 0 Å². The number of benzene rings is 2. The Hall–Kier alpha value is -2.67. The Labute approximate surface area is 137 Å². The maximum Gasteiger partial charge on any atom is 0.237 e. The topological polar surface area (TPSA) is 72.7 Å². The van der Waals surface area contributed by atoms with E-state index >= 15 is 0 Å². The molecule has 6 nitrogen and oxygen atoms in total. The molecule has 0 aliphatic heterocycles. The molecule has 0 saturated heterocycles. The first-order chi connectivity index (χ1) is 11.2. The van der Waals surface area contributed by atoms with E-state index in [-0.39, 0.29) is 11.2 Å². The molecule has 0 saturated carbocycles. The summed E-state index contributed by atoms with van der Waals surface area (Å²) in [5, 5.41) is 13.8. The van der Waals surface area contributed by atoms with Crippen molar-refractivity contribution in [3.63, 3.8) is 0 Å². The molecular formula is C16H15N5OS. The van der Waals surface area contributed by atoms with Gasteiger partial charge in [-0.1, -0.05) is 24.3 Å². The van der Waals surface area contributed by atoms with Gasteiger partial charge >= 0.3 is 0 Å². The lowest BCUT2D eigenvalue weighted by Crippen LogP contribution is -2.22. The minimum absolute atomic E-state index is 0.0484. The number of hydrogen-bond donors (Lipinski definition) is 1. The molecule has 1 heterocycles. The second kappa shape index (κ2) is 7.06. The lowest BCUT2D eigenvalue weighted by Gasteiger charge is -2.12. The first kappa shape index (κ1) is 15.2. The second-order valence-electron chi connectivity index (χ2n) is 4.87. The maximum absolute atomic E-state index is 12.3. The van der Waals surface area contributed by atoms with Crippen molar-refractivity contribution in [1.82, 2.24) is 20.2 Å². The molecule has 0 fully saturated rings. The number of anilines is 1. The quantitative estimate of drug-likeness (QED) is 0.730. The molecule has 2 aromatic carbocycles. The molecule has 1 atom stereocenters. The average molecular weight is 325 g/mol. The number of nitrogens with zero attached hydrogens (tertiary/aromatic N) is 4. The van der Waals surface area contributed by atoms with Gasteiger partial charge in [0, 0.05) is 10.6 Å². The second-order valence-corrected chi connectivity index (χ2v) is 6.28. The van der Waals surface area contributed by atoms with E-state index in [0.717, 1.165) is 10.6 Å². The largest absolute Gasteiger partial charge is 0.325 e. The first-order valence-electron chi connectivity index (χ1n) is 7.08. The zero-order valence-electron chi connectivity index (χ0n) is 12.5. The van der Waals surface area contributed by atoms with Crippen molar-refractivity contribution >= 4 is 23.4 Å². The summed E-state index contributed by atoms with van der Waals surface area (Å²) in [5.41, 5.74) is 1.50. The van der Waals surface area contributed by atoms with E-state index in [1.165, 1.54) is 22.8 Å². The number of tetrazole rings is 1. The highest BCUT2D eigenvalue weighted by Crippen LogP contribution is 2.24. The number of rotatable bonds is 5. The molecule has 0 aliphatic carbocycles. The fourth-order valence-electron chi connectivity index (χ4n) is 2.01. The summed E-state index contributed by atoms with van der Waals surface area (Å²) in [6.07, 6.45) is 1.51. The number of thioether (sulfide) groups is 1. The predicted molar refractivity (Wildman–Crippen MR) is 89.5 cm³/mol. The van der Waals surface area contributed by atoms with Gasteiger partial charge in [-0.15, -0.1) is 16.9 Å². The summed E-state index contributed by atoms with van der Waals surface area (Å²) in [4.78, 5) is 13.4. The van der Waals surface area contributed by atoms with Gasteiger partial charge in [0.2, 0.25) is 5.91 Å². The molecule has 0 radical (unpaired) electrons. The molecule has 0 spiro atoms. The standard InChI is InChI=1S/C16H15N5OS/c1-12(23-15-8-3-2-4-9-15)16(22)18-13-6-5-7-14(10-13)21-11-17-19-20-21/h2-12H,1H3,(H,18,22). The molecule has 3 aromatic rings. The van der Waals surface area contributed by atoms with Crippen molar-refractivity contribution in [1.29, 1.82) is 0 Å². The van der Waals surface area contributed by atoms with E-state index in [2.05, 4.69) is 20.8 Å². The van der Waals surface area contributed by atoms with Crippen LogP contribution in [0.1, 0.15) is 6.92 Å². The van der Waals surface area contributed by atoms with Crippen LogP contribution in [0.25, 0.3) is 5.69 Å². The van der Waals surface area contributed by atoms with E-state index in [1.807, 2.05) is 61.5 Å². The maximum atomic E-state index is 12.3. The number of amides is 1. The van der Waals surface area contributed by atoms with Crippen LogP contribution in [0.15, 0.2) is 65.8 Å². The van der Waals surface area contributed by atoms with Gasteiger partial charge in [0.1, 0.15) is 6.33 Å². The fraction of sp³-hybridized carbons (Fsp3) is 0.125. The van der Waals surface area contributed by atoms with Crippen LogP contribution in [0.5, 0.6) is 0 Å². The van der Waals surface area contributed by atoms with Crippen LogP contribution < -0.4 is 5.32 Å². The van der Waals surface area contributed by atoms with Gasteiger partial charge in [0.15, 0.2) is 0 Å². The zero-order chi connectivity index (χ0) is 16.1. The Kier molecular flexibility index (Phi) is 4.68. The highest BCUT2D eigenvalue weighted by molar-refractivity contribution is 8.00. The Morgan fingerprint density at radius 1 is 1.17 bits per heavy atom. The van der Waals surface area contributed by atoms with Crippen molar-refractivity contribution in [2.45, 2.75) is 17.1 Å². The van der Waals surface area contributed by atoms with Gasteiger partial charge in [-0.25, -0.2) is 4.68 Å². The molecule has 1 N–H and O–H groups in total. The Bertz CT molecular complexity index is 776. The number of carbonyl (C=O) groups is 1. The lowest BCUT2D eigenvalue weighted by molar-refractivity contribution is -0.115. The molecule has 0 aliphatic rings. The number of carbonyl (C=O) groups excluding carboxylic acids is 1. The van der Waals surface area contributed by atoms with Crippen LogP contribution in [-0.2, 0) is 4.79 Å². The van der Waals surface area contributed by atoms with Gasteiger partial charge in [-0.05, 0) is 47.7 Å². The minimum atomic E-state index is -0.200. The molecule has 116 valence electrons. The third kappa shape index (κ3) is 3.95. The van der Waals surface area contributed by atoms with Crippen LogP contribution in [0, 0.1) is 0 Å². The van der Waals surface area contributed by atoms with Crippen molar-refractivity contribution in [3.8, 4) is 5.69 Å². The summed E-state index contributed by atoms with van der Waals surface area (Å²) < 4.78 is 1.54. The highest BCUT2D eigenvalue weighted by Gasteiger charge is 2.14. The zero-order valence-corrected chi connectivity index (χ0v) is 13.3. The van der Waals surface area contributed by atoms with Crippen molar-refractivity contribution in [2.24, 2.45) is 0 Å². The minimum Gasteiger partial charge on any atom is -0.325 e. The number of aromatic nitrogens is 4. The summed E-state index contributed by atoms with van der Waals surface area (Å²) in [6.45, 7) is 1.89. The number of nitrogens with one attached hydrogen (secondary N) is 1. The smallest absolute Gasteiger partial charge is 0.237 e. The van der Waals surface area contributed by atoms with Crippen LogP contribution in [0.2, 0.25) is 0 Å². The molecule has 1 unspecified atom stereocenters. The summed E-state index contributed by atoms with van der Waals surface area (Å²) in [7, 11) is 0. The van der Waals surface area contributed by atoms with Crippen molar-refractivity contribution in [2.75, 3.05) is 5.32 Å². The van der Waals surface area contributed by atoms with Crippen LogP contribution in [-0.4, -0.2) is 31.4 Å². The van der Waals surface area contributed by atoms with Gasteiger partial charge in [0.05, 0.1) is 10.9 Å². The summed E-state index contributed by atoms with van der Waals surface area (Å²) >= 11 is 1.52. The van der Waals surface area contributed by atoms with E-state index in [0.29, 0.717) is 5.69 Å². The SMILES string of the molecule is CC(Sc1ccccc1)C(=O)Nc1cccc(-n2cnnn2)c1. The predicted octanol–water partition coefficient (Wildman–Crippen LogP) is 2.78. The van der Waals surface area contributed by atoms with E-state index in [9.17, 15) is 4.79 Å². The van der Waals surface area contributed by atoms with E-state index in [1.54, 1.807) is 0 Å². The third-order valence-electron chi connectivity index (χ3n) is 3.15. The molecule has 1 amide bonds. The third-order valence-corrected chi connectivity index (χ3v) is 4.26. The van der Waals surface area contributed by atoms with Crippen molar-refractivity contribution in [3.05, 3.63) is 60.9 Å². The van der Waals surface area contributed by atoms with Gasteiger partial charge in [-0.3, -0.25) is 4.79 Å². The van der Waals surface area contributed by atoms with E-state index in [4.69, 9.17) is 0 Å². The van der Waals surface area contributed by atoms with Crippen LogP contribution >= 0.6 is 11.8 Å². The summed E-state index contributed by atoms with van der Waals surface area (Å²) in [6, 6.07) is 17.2. The normalized spacial score (nSPS) is 11.9. The van der Waals surface area contributed by atoms with Gasteiger partial charge in [-0.2, -0.15) is 0 Å². The van der Waals surface area contributed by atoms with E-state index < -0.39 is 0 Å². The fourth-order valence-corrected chi connectivity index (χ4v) is 2.89. The Morgan fingerprint density at radius 3 is 2.74 bits per heavy atom. The Balaban J connectivity index is 1.67. The molecule has 1 aromatic heterocycles. The molecule has 7 heteroatoms. The molecule has 0 bridgehead atoms. The summed E-state index contributed by atoms with van der Waals surface area (Å²) in [5.74, 6) is -0.0484. The number of hydrogen-bond acceptors (Lipinski definition) is 5. The van der Waals surface area contributed by atoms with Gasteiger partial charge in [0.25, 0.3) is 0 Å². The van der Waals surface area contributed by atoms with Gasteiger partial charge < -0.3 is 5.32 Å².